The molecule has 0 aromatic heterocycles. The molecular weight excluding hydrogens is 210 g/mol. The van der Waals surface area contributed by atoms with Crippen molar-refractivity contribution in [3.8, 4) is 0 Å². The fourth-order valence-electron chi connectivity index (χ4n) is 2.23. The summed E-state index contributed by atoms with van der Waals surface area (Å²) in [6, 6.07) is 0. The van der Waals surface area contributed by atoms with Gasteiger partial charge in [-0.05, 0) is 77.8 Å². The fraction of sp³-hybridized carbons (Fsp3) is 1.00. The standard InChI is InChI=1S/2C5H11N.C4H9N/c2*1-2-4-6-5-3-1;1-2-4-5-3-1/h2*6H,1-5H2;5H,1-4H2. The molecule has 3 saturated heterocycles. The molecule has 3 rings (SSSR count). The maximum absolute atomic E-state index is 3.28. The van der Waals surface area contributed by atoms with Gasteiger partial charge in [-0.2, -0.15) is 0 Å². The molecule has 3 nitrogen and oxygen atoms in total. The SMILES string of the molecule is C1CCNC1.C1CCNCC1.C1CCNCC1. The lowest BCUT2D eigenvalue weighted by molar-refractivity contribution is 0.520. The third kappa shape index (κ3) is 10.7. The van der Waals surface area contributed by atoms with Gasteiger partial charge in [-0.1, -0.05) is 12.8 Å². The monoisotopic (exact) mass is 241 g/mol. The van der Waals surface area contributed by atoms with E-state index in [2.05, 4.69) is 16.0 Å². The van der Waals surface area contributed by atoms with Gasteiger partial charge in [-0.15, -0.1) is 0 Å². The minimum atomic E-state index is 1.25. The minimum Gasteiger partial charge on any atom is -0.317 e. The van der Waals surface area contributed by atoms with Crippen LogP contribution < -0.4 is 16.0 Å². The average Bonchev–Trinajstić information content (AvgIpc) is 3.03. The highest BCUT2D eigenvalue weighted by Gasteiger charge is 1.94. The maximum Gasteiger partial charge on any atom is -0.00484 e. The van der Waals surface area contributed by atoms with Crippen LogP contribution in [-0.4, -0.2) is 39.3 Å². The Labute approximate surface area is 107 Å². The third-order valence-electron chi connectivity index (χ3n) is 3.37. The topological polar surface area (TPSA) is 36.1 Å². The van der Waals surface area contributed by atoms with Gasteiger partial charge in [-0.25, -0.2) is 0 Å². The van der Waals surface area contributed by atoms with Gasteiger partial charge in [-0.3, -0.25) is 0 Å². The normalized spacial score (nSPS) is 24.0. The Bertz CT molecular complexity index is 95.8. The van der Waals surface area contributed by atoms with Crippen molar-refractivity contribution in [2.24, 2.45) is 0 Å². The second-order valence-corrected chi connectivity index (χ2v) is 5.08. The van der Waals surface area contributed by atoms with E-state index in [-0.39, 0.29) is 0 Å². The molecule has 3 N–H and O–H groups in total. The first kappa shape index (κ1) is 14.9. The van der Waals surface area contributed by atoms with Gasteiger partial charge in [0.15, 0.2) is 0 Å². The van der Waals surface area contributed by atoms with Gasteiger partial charge >= 0.3 is 0 Å². The van der Waals surface area contributed by atoms with Crippen LogP contribution in [0, 0.1) is 0 Å². The van der Waals surface area contributed by atoms with Gasteiger partial charge in [0.25, 0.3) is 0 Å². The Morgan fingerprint density at radius 2 is 0.529 bits per heavy atom. The molecule has 0 bridgehead atoms. The summed E-state index contributed by atoms with van der Waals surface area (Å²) in [6.45, 7) is 7.50. The van der Waals surface area contributed by atoms with Crippen molar-refractivity contribution in [3.63, 3.8) is 0 Å². The molecule has 0 amide bonds. The number of rotatable bonds is 0. The van der Waals surface area contributed by atoms with Crippen LogP contribution in [-0.2, 0) is 0 Å². The van der Waals surface area contributed by atoms with Crippen molar-refractivity contribution in [3.05, 3.63) is 0 Å². The second kappa shape index (κ2) is 12.3. The smallest absolute Gasteiger partial charge is 0.00484 e. The van der Waals surface area contributed by atoms with Crippen molar-refractivity contribution >= 4 is 0 Å². The second-order valence-electron chi connectivity index (χ2n) is 5.08. The predicted molar refractivity (Wildman–Crippen MR) is 75.5 cm³/mol. The molecule has 3 heteroatoms. The van der Waals surface area contributed by atoms with Crippen molar-refractivity contribution in [2.45, 2.75) is 51.4 Å². The highest BCUT2D eigenvalue weighted by atomic mass is 14.9. The summed E-state index contributed by atoms with van der Waals surface area (Å²) in [7, 11) is 0. The summed E-state index contributed by atoms with van der Waals surface area (Å²) < 4.78 is 0. The molecule has 0 radical (unpaired) electrons. The Morgan fingerprint density at radius 1 is 0.294 bits per heavy atom. The molecule has 3 heterocycles. The first-order chi connectivity index (χ1) is 8.50. The van der Waals surface area contributed by atoms with Crippen LogP contribution in [0.5, 0.6) is 0 Å². The molecule has 0 saturated carbocycles. The van der Waals surface area contributed by atoms with E-state index in [0.717, 1.165) is 0 Å². The maximum atomic E-state index is 3.28. The van der Waals surface area contributed by atoms with Crippen LogP contribution in [0.4, 0.5) is 0 Å². The molecule has 3 fully saturated rings. The van der Waals surface area contributed by atoms with Gasteiger partial charge in [0.05, 0.1) is 0 Å². The van der Waals surface area contributed by atoms with Crippen LogP contribution in [0.15, 0.2) is 0 Å². The van der Waals surface area contributed by atoms with Gasteiger partial charge in [0, 0.05) is 0 Å². The molecule has 3 aliphatic heterocycles. The van der Waals surface area contributed by atoms with Crippen LogP contribution >= 0.6 is 0 Å². The first-order valence-corrected chi connectivity index (χ1v) is 7.62. The molecule has 102 valence electrons. The lowest BCUT2D eigenvalue weighted by Gasteiger charge is -2.08. The van der Waals surface area contributed by atoms with Crippen molar-refractivity contribution in [2.75, 3.05) is 39.3 Å². The molecule has 0 spiro atoms. The van der Waals surface area contributed by atoms with Crippen LogP contribution in [0.3, 0.4) is 0 Å². The van der Waals surface area contributed by atoms with E-state index in [1.54, 1.807) is 0 Å². The van der Waals surface area contributed by atoms with E-state index in [0.29, 0.717) is 0 Å². The first-order valence-electron chi connectivity index (χ1n) is 7.62. The van der Waals surface area contributed by atoms with E-state index in [1.807, 2.05) is 0 Å². The number of hydrogen-bond donors (Lipinski definition) is 3. The van der Waals surface area contributed by atoms with E-state index in [9.17, 15) is 0 Å². The molecule has 0 unspecified atom stereocenters. The zero-order valence-electron chi connectivity index (χ0n) is 11.4. The number of piperidine rings is 2. The van der Waals surface area contributed by atoms with Crippen LogP contribution in [0.25, 0.3) is 0 Å². The minimum absolute atomic E-state index is 1.25. The average molecular weight is 241 g/mol. The summed E-state index contributed by atoms with van der Waals surface area (Å²) >= 11 is 0. The Hall–Kier alpha value is -0.120. The summed E-state index contributed by atoms with van der Waals surface area (Å²) in [5.41, 5.74) is 0. The Morgan fingerprint density at radius 3 is 0.647 bits per heavy atom. The largest absolute Gasteiger partial charge is 0.317 e. The van der Waals surface area contributed by atoms with Crippen molar-refractivity contribution in [1.29, 1.82) is 0 Å². The molecule has 17 heavy (non-hydrogen) atoms. The zero-order valence-corrected chi connectivity index (χ0v) is 11.4. The summed E-state index contributed by atoms with van der Waals surface area (Å²) in [5, 5.41) is 9.79. The third-order valence-corrected chi connectivity index (χ3v) is 3.37. The van der Waals surface area contributed by atoms with E-state index >= 15 is 0 Å². The van der Waals surface area contributed by atoms with Gasteiger partial charge in [0.1, 0.15) is 0 Å². The van der Waals surface area contributed by atoms with Crippen LogP contribution in [0.1, 0.15) is 51.4 Å². The predicted octanol–water partition coefficient (Wildman–Crippen LogP) is 1.89. The summed E-state index contributed by atoms with van der Waals surface area (Å²) in [4.78, 5) is 0. The van der Waals surface area contributed by atoms with Crippen molar-refractivity contribution < 1.29 is 0 Å². The highest BCUT2D eigenvalue weighted by Crippen LogP contribution is 1.97. The molecule has 0 aromatic rings. The van der Waals surface area contributed by atoms with E-state index < -0.39 is 0 Å². The Kier molecular flexibility index (Phi) is 10.8. The van der Waals surface area contributed by atoms with Crippen molar-refractivity contribution in [1.82, 2.24) is 16.0 Å². The molecular formula is C14H31N3. The summed E-state index contributed by atoms with van der Waals surface area (Å²) in [6.07, 6.45) is 11.2. The zero-order chi connectivity index (χ0) is 12.0. The number of hydrogen-bond acceptors (Lipinski definition) is 3. The molecule has 0 aromatic carbocycles. The molecule has 0 aliphatic carbocycles. The summed E-state index contributed by atoms with van der Waals surface area (Å²) in [5.74, 6) is 0. The Balaban J connectivity index is 0.000000128. The quantitative estimate of drug-likeness (QED) is 0.606. The highest BCUT2D eigenvalue weighted by molar-refractivity contribution is 4.56. The van der Waals surface area contributed by atoms with Gasteiger partial charge < -0.3 is 16.0 Å². The van der Waals surface area contributed by atoms with Crippen LogP contribution in [0.2, 0.25) is 0 Å². The molecule has 0 atom stereocenters. The molecule has 3 aliphatic rings. The van der Waals surface area contributed by atoms with Gasteiger partial charge in [0.2, 0.25) is 0 Å². The lowest BCUT2D eigenvalue weighted by Crippen LogP contribution is -2.21. The van der Waals surface area contributed by atoms with E-state index in [4.69, 9.17) is 0 Å². The van der Waals surface area contributed by atoms with E-state index in [1.165, 1.54) is 90.6 Å². The fourth-order valence-corrected chi connectivity index (χ4v) is 2.23. The number of nitrogens with one attached hydrogen (secondary N) is 3. The lowest BCUT2D eigenvalue weighted by atomic mass is 10.2.